The first-order valence-electron chi connectivity index (χ1n) is 17.7. The Kier molecular flexibility index (Phi) is 7.96. The number of ether oxygens (including phenoxy) is 2. The van der Waals surface area contributed by atoms with E-state index in [1.807, 2.05) is 49.1 Å². The summed E-state index contributed by atoms with van der Waals surface area (Å²) >= 11 is 0. The number of aromatic nitrogens is 2. The van der Waals surface area contributed by atoms with E-state index in [1.165, 1.54) is 49.8 Å². The van der Waals surface area contributed by atoms with Crippen LogP contribution in [0.5, 0.6) is 0 Å². The molecule has 1 aromatic carbocycles. The lowest BCUT2D eigenvalue weighted by molar-refractivity contribution is -0.0733. The molecule has 1 spiro atoms. The monoisotopic (exact) mass is 599 g/mol. The number of carbonyl (C=O) groups excluding carboxylic acids is 1. The number of likely N-dealkylation sites (tertiary alicyclic amines) is 1. The second-order valence-electron chi connectivity index (χ2n) is 15.3. The third kappa shape index (κ3) is 5.04. The van der Waals surface area contributed by atoms with Crippen LogP contribution < -0.4 is 0 Å². The minimum atomic E-state index is -0.178. The molecule has 3 heterocycles. The number of allylic oxidation sites excluding steroid dienone is 1. The fourth-order valence-electron chi connectivity index (χ4n) is 10.9. The summed E-state index contributed by atoms with van der Waals surface area (Å²) in [5, 5.41) is 7.71. The summed E-state index contributed by atoms with van der Waals surface area (Å²) in [6.45, 7) is 12.4. The van der Waals surface area contributed by atoms with Gasteiger partial charge in [0, 0.05) is 12.2 Å². The van der Waals surface area contributed by atoms with Crippen LogP contribution >= 0.6 is 0 Å². The predicted molar refractivity (Wildman–Crippen MR) is 173 cm³/mol. The van der Waals surface area contributed by atoms with Crippen LogP contribution in [0.3, 0.4) is 0 Å². The van der Waals surface area contributed by atoms with Crippen LogP contribution in [0, 0.1) is 35.0 Å². The van der Waals surface area contributed by atoms with Crippen LogP contribution in [0.2, 0.25) is 0 Å². The second-order valence-corrected chi connectivity index (χ2v) is 15.3. The molecule has 1 aromatic heterocycles. The number of rotatable bonds is 2. The topological polar surface area (TPSA) is 67.5 Å². The van der Waals surface area contributed by atoms with Crippen molar-refractivity contribution in [3.8, 4) is 0 Å². The summed E-state index contributed by atoms with van der Waals surface area (Å²) in [7, 11) is 0. The zero-order valence-corrected chi connectivity index (χ0v) is 27.6. The minimum absolute atomic E-state index is 0.113. The summed E-state index contributed by atoms with van der Waals surface area (Å²) in [6, 6.07) is 10.1. The molecule has 0 radical (unpaired) electrons. The molecule has 6 nitrogen and oxygen atoms in total. The molecule has 9 atom stereocenters. The zero-order chi connectivity index (χ0) is 30.6. The van der Waals surface area contributed by atoms with Crippen molar-refractivity contribution in [3.63, 3.8) is 0 Å². The highest BCUT2D eigenvalue weighted by Gasteiger charge is 2.58. The molecule has 8 rings (SSSR count). The average molecular weight is 600 g/mol. The molecule has 2 saturated carbocycles. The Bertz CT molecular complexity index is 1380. The van der Waals surface area contributed by atoms with Crippen molar-refractivity contribution in [1.82, 2.24) is 15.1 Å². The summed E-state index contributed by atoms with van der Waals surface area (Å²) in [5.41, 5.74) is 7.49. The predicted octanol–water partition coefficient (Wildman–Crippen LogP) is 8.28. The first-order valence-corrected chi connectivity index (χ1v) is 17.7. The van der Waals surface area contributed by atoms with Crippen molar-refractivity contribution in [2.45, 2.75) is 123 Å². The van der Waals surface area contributed by atoms with Crippen molar-refractivity contribution in [2.75, 3.05) is 6.54 Å². The maximum atomic E-state index is 13.4. The molecule has 6 aliphatic rings. The number of nitrogens with one attached hydrogen (secondary N) is 1. The van der Waals surface area contributed by atoms with E-state index in [1.54, 1.807) is 11.1 Å². The highest BCUT2D eigenvalue weighted by atomic mass is 16.6. The Labute approximate surface area is 264 Å². The van der Waals surface area contributed by atoms with Crippen molar-refractivity contribution in [2.24, 2.45) is 35.0 Å². The standard InChI is InChI=1S/C36H47N3O3.C2H6/c1-22-13-33-32(39(20-22)34(40)41-21-24-7-5-4-6-8-24)18-36(42-33)12-11-27-28-10-9-26-14-31-25(19-37-38-31)17-35(26,3)30(28)15-29(27)23(2)16-36;1-2/h4-8,19,22,26-28,30,32-33H,9-18,20-21H2,1-3H3,(H,37,38);1-2H3/t22?,26?,27?,28?,30?,32-,33?,35-,36-;/m0./s1. The molecule has 0 bridgehead atoms. The van der Waals surface area contributed by atoms with Crippen LogP contribution in [0.4, 0.5) is 4.79 Å². The van der Waals surface area contributed by atoms with Gasteiger partial charge in [0.05, 0.1) is 23.9 Å². The third-order valence-corrected chi connectivity index (χ3v) is 12.8. The molecule has 1 amide bonds. The lowest BCUT2D eigenvalue weighted by Gasteiger charge is -2.52. The van der Waals surface area contributed by atoms with Gasteiger partial charge in [0.2, 0.25) is 0 Å². The molecule has 4 aliphatic carbocycles. The third-order valence-electron chi connectivity index (χ3n) is 12.8. The first-order chi connectivity index (χ1) is 21.3. The van der Waals surface area contributed by atoms with E-state index in [-0.39, 0.29) is 23.8 Å². The fourth-order valence-corrected chi connectivity index (χ4v) is 10.9. The van der Waals surface area contributed by atoms with Gasteiger partial charge in [0.15, 0.2) is 0 Å². The number of aromatic amines is 1. The Morgan fingerprint density at radius 2 is 1.95 bits per heavy atom. The van der Waals surface area contributed by atoms with Crippen molar-refractivity contribution in [1.29, 1.82) is 0 Å². The normalized spacial score (nSPS) is 38.8. The Morgan fingerprint density at radius 3 is 2.77 bits per heavy atom. The number of hydrogen-bond donors (Lipinski definition) is 1. The molecule has 6 heteroatoms. The lowest BCUT2D eigenvalue weighted by Crippen LogP contribution is -2.51. The van der Waals surface area contributed by atoms with Gasteiger partial charge in [0.25, 0.3) is 0 Å². The number of benzene rings is 1. The fraction of sp³-hybridized carbons (Fsp3) is 0.684. The van der Waals surface area contributed by atoms with Gasteiger partial charge in [-0.05, 0) is 117 Å². The van der Waals surface area contributed by atoms with Gasteiger partial charge in [-0.15, -0.1) is 0 Å². The van der Waals surface area contributed by atoms with E-state index in [0.717, 1.165) is 55.5 Å². The van der Waals surface area contributed by atoms with Crippen molar-refractivity contribution >= 4 is 6.09 Å². The van der Waals surface area contributed by atoms with Gasteiger partial charge in [-0.2, -0.15) is 5.10 Å². The number of piperidine rings is 1. The summed E-state index contributed by atoms with van der Waals surface area (Å²) < 4.78 is 13.0. The quantitative estimate of drug-likeness (QED) is 0.353. The van der Waals surface area contributed by atoms with E-state index < -0.39 is 0 Å². The molecule has 1 N–H and O–H groups in total. The number of fused-ring (bicyclic) bond motifs is 7. The molecule has 44 heavy (non-hydrogen) atoms. The molecule has 4 fully saturated rings. The molecular formula is C38H53N3O3. The van der Waals surface area contributed by atoms with Gasteiger partial charge < -0.3 is 14.4 Å². The largest absolute Gasteiger partial charge is 0.445 e. The molecule has 2 aliphatic heterocycles. The minimum Gasteiger partial charge on any atom is -0.445 e. The highest BCUT2D eigenvalue weighted by molar-refractivity contribution is 5.68. The van der Waals surface area contributed by atoms with Crippen molar-refractivity contribution in [3.05, 3.63) is 64.5 Å². The zero-order valence-electron chi connectivity index (χ0n) is 27.6. The van der Waals surface area contributed by atoms with Gasteiger partial charge in [-0.1, -0.05) is 69.2 Å². The van der Waals surface area contributed by atoms with Crippen LogP contribution in [0.25, 0.3) is 0 Å². The SMILES string of the molecule is CC.CC1=C2CC3C(CCC4Cc5[nH]ncc5C[C@@]43C)C2CC[C@]2(C1)C[C@H]1C(CC(C)CN1C(=O)OCc1ccccc1)O2. The maximum absolute atomic E-state index is 13.4. The van der Waals surface area contributed by atoms with Gasteiger partial charge in [-0.3, -0.25) is 5.10 Å². The van der Waals surface area contributed by atoms with Crippen LogP contribution in [-0.2, 0) is 28.9 Å². The summed E-state index contributed by atoms with van der Waals surface area (Å²) in [4.78, 5) is 15.4. The van der Waals surface area contributed by atoms with Crippen LogP contribution in [0.1, 0.15) is 103 Å². The number of hydrogen-bond acceptors (Lipinski definition) is 4. The van der Waals surface area contributed by atoms with E-state index in [9.17, 15) is 4.79 Å². The van der Waals surface area contributed by atoms with E-state index in [4.69, 9.17) is 9.47 Å². The highest BCUT2D eigenvalue weighted by Crippen LogP contribution is 2.64. The first kappa shape index (κ1) is 30.1. The average Bonchev–Trinajstić information content (AvgIpc) is 3.71. The van der Waals surface area contributed by atoms with Crippen LogP contribution in [-0.4, -0.2) is 45.5 Å². The number of H-pyrrole nitrogens is 1. The van der Waals surface area contributed by atoms with Gasteiger partial charge >= 0.3 is 6.09 Å². The summed E-state index contributed by atoms with van der Waals surface area (Å²) in [6.07, 6.45) is 13.8. The Hall–Kier alpha value is -2.60. The maximum Gasteiger partial charge on any atom is 0.410 e. The Balaban J connectivity index is 0.00000153. The second kappa shape index (κ2) is 11.6. The smallest absolute Gasteiger partial charge is 0.410 e. The lowest BCUT2D eigenvalue weighted by atomic mass is 9.52. The molecule has 238 valence electrons. The van der Waals surface area contributed by atoms with Gasteiger partial charge in [-0.25, -0.2) is 4.79 Å². The van der Waals surface area contributed by atoms with Crippen molar-refractivity contribution < 1.29 is 14.3 Å². The summed E-state index contributed by atoms with van der Waals surface area (Å²) in [5.74, 6) is 3.48. The van der Waals surface area contributed by atoms with Crippen LogP contribution in [0.15, 0.2) is 47.7 Å². The molecular weight excluding hydrogens is 546 g/mol. The van der Waals surface area contributed by atoms with E-state index >= 15 is 0 Å². The van der Waals surface area contributed by atoms with E-state index in [2.05, 4.69) is 37.2 Å². The molecule has 2 aromatic rings. The number of nitrogens with zero attached hydrogens (tertiary/aromatic N) is 2. The number of carbonyl (C=O) groups is 1. The van der Waals surface area contributed by atoms with Gasteiger partial charge in [0.1, 0.15) is 6.61 Å². The Morgan fingerprint density at radius 1 is 1.14 bits per heavy atom. The van der Waals surface area contributed by atoms with E-state index in [0.29, 0.717) is 23.9 Å². The molecule has 6 unspecified atom stereocenters. The number of amides is 1. The molecule has 2 saturated heterocycles.